The Balaban J connectivity index is 1.74. The first-order valence-electron chi connectivity index (χ1n) is 9.00. The lowest BCUT2D eigenvalue weighted by atomic mass is 10.2. The first-order valence-corrected chi connectivity index (χ1v) is 9.00. The monoisotopic (exact) mass is 383 g/mol. The molecule has 0 aliphatic carbocycles. The van der Waals surface area contributed by atoms with Gasteiger partial charge in [-0.15, -0.1) is 5.10 Å². The summed E-state index contributed by atoms with van der Waals surface area (Å²) in [5.74, 6) is 0.369. The highest BCUT2D eigenvalue weighted by Crippen LogP contribution is 2.23. The third-order valence-electron chi connectivity index (χ3n) is 4.48. The summed E-state index contributed by atoms with van der Waals surface area (Å²) in [6, 6.07) is 5.31. The number of amides is 1. The standard InChI is InChI=1S/C18H21N7O3/c1-23-12-15(20-22-23)16-10-14(18(26)24-6-3-8-28-9-7-24)21-25(16)13-4-5-17(27-2)19-11-13/h4-5,10-12H,3,6-9H2,1-2H3. The highest BCUT2D eigenvalue weighted by atomic mass is 16.5. The summed E-state index contributed by atoms with van der Waals surface area (Å²) in [5.41, 5.74) is 2.32. The van der Waals surface area contributed by atoms with Gasteiger partial charge in [0, 0.05) is 32.8 Å². The molecule has 0 spiro atoms. The molecule has 0 bridgehead atoms. The lowest BCUT2D eigenvalue weighted by Gasteiger charge is -2.17. The Kier molecular flexibility index (Phi) is 5.02. The molecule has 10 heteroatoms. The summed E-state index contributed by atoms with van der Waals surface area (Å²) in [6.07, 6.45) is 4.23. The van der Waals surface area contributed by atoms with Crippen LogP contribution in [0.4, 0.5) is 0 Å². The van der Waals surface area contributed by atoms with E-state index in [0.717, 1.165) is 6.42 Å². The fraction of sp³-hybridized carbons (Fsp3) is 0.389. The quantitative estimate of drug-likeness (QED) is 0.661. The maximum atomic E-state index is 13.0. The van der Waals surface area contributed by atoms with Crippen molar-refractivity contribution >= 4 is 5.91 Å². The molecule has 0 unspecified atom stereocenters. The minimum atomic E-state index is -0.129. The van der Waals surface area contributed by atoms with E-state index in [1.165, 1.54) is 0 Å². The highest BCUT2D eigenvalue weighted by Gasteiger charge is 2.23. The van der Waals surface area contributed by atoms with Gasteiger partial charge in [0.15, 0.2) is 5.69 Å². The van der Waals surface area contributed by atoms with Crippen LogP contribution in [0.5, 0.6) is 5.88 Å². The van der Waals surface area contributed by atoms with Gasteiger partial charge in [0.2, 0.25) is 5.88 Å². The summed E-state index contributed by atoms with van der Waals surface area (Å²) in [5, 5.41) is 12.7. The van der Waals surface area contributed by atoms with Crippen LogP contribution in [0.2, 0.25) is 0 Å². The van der Waals surface area contributed by atoms with Gasteiger partial charge in [-0.1, -0.05) is 5.21 Å². The molecule has 0 aromatic carbocycles. The molecule has 3 aromatic heterocycles. The Hall–Kier alpha value is -3.27. The molecule has 1 saturated heterocycles. The molecule has 146 valence electrons. The molecule has 1 aliphatic rings. The van der Waals surface area contributed by atoms with E-state index in [4.69, 9.17) is 9.47 Å². The lowest BCUT2D eigenvalue weighted by molar-refractivity contribution is 0.0735. The van der Waals surface area contributed by atoms with Crippen LogP contribution in [-0.2, 0) is 11.8 Å². The summed E-state index contributed by atoms with van der Waals surface area (Å²) in [6.45, 7) is 2.40. The van der Waals surface area contributed by atoms with E-state index in [-0.39, 0.29) is 5.91 Å². The van der Waals surface area contributed by atoms with Crippen molar-refractivity contribution in [2.24, 2.45) is 7.05 Å². The Bertz CT molecular complexity index is 956. The Labute approximate surface area is 161 Å². The van der Waals surface area contributed by atoms with E-state index in [2.05, 4.69) is 20.4 Å². The minimum absolute atomic E-state index is 0.129. The van der Waals surface area contributed by atoms with Crippen molar-refractivity contribution in [2.45, 2.75) is 6.42 Å². The predicted octanol–water partition coefficient (Wildman–Crippen LogP) is 0.934. The van der Waals surface area contributed by atoms with E-state index in [0.29, 0.717) is 55.0 Å². The van der Waals surface area contributed by atoms with Gasteiger partial charge < -0.3 is 14.4 Å². The van der Waals surface area contributed by atoms with Crippen LogP contribution in [0.25, 0.3) is 17.1 Å². The smallest absolute Gasteiger partial charge is 0.274 e. The normalized spacial score (nSPS) is 14.7. The number of aryl methyl sites for hydroxylation is 1. The predicted molar refractivity (Wildman–Crippen MR) is 99.2 cm³/mol. The number of nitrogens with zero attached hydrogens (tertiary/aromatic N) is 7. The van der Waals surface area contributed by atoms with Gasteiger partial charge in [-0.3, -0.25) is 9.48 Å². The number of carbonyl (C=O) groups excluding carboxylic acids is 1. The summed E-state index contributed by atoms with van der Waals surface area (Å²) < 4.78 is 13.8. The summed E-state index contributed by atoms with van der Waals surface area (Å²) >= 11 is 0. The Morgan fingerprint density at radius 1 is 1.25 bits per heavy atom. The van der Waals surface area contributed by atoms with E-state index in [9.17, 15) is 4.79 Å². The largest absolute Gasteiger partial charge is 0.481 e. The van der Waals surface area contributed by atoms with Gasteiger partial charge in [-0.2, -0.15) is 5.10 Å². The molecule has 0 N–H and O–H groups in total. The summed E-state index contributed by atoms with van der Waals surface area (Å²) in [4.78, 5) is 19.0. The molecule has 1 fully saturated rings. The SMILES string of the molecule is COc1ccc(-n2nc(C(=O)N3CCCOCC3)cc2-c2cn(C)nn2)cn1. The second-order valence-corrected chi connectivity index (χ2v) is 6.42. The zero-order valence-electron chi connectivity index (χ0n) is 15.8. The topological polar surface area (TPSA) is 100 Å². The summed E-state index contributed by atoms with van der Waals surface area (Å²) in [7, 11) is 3.35. The second kappa shape index (κ2) is 7.77. The van der Waals surface area contributed by atoms with E-state index in [1.54, 1.807) is 52.9 Å². The number of hydrogen-bond acceptors (Lipinski definition) is 7. The third kappa shape index (κ3) is 3.58. The average molecular weight is 383 g/mol. The van der Waals surface area contributed by atoms with Crippen molar-refractivity contribution in [1.82, 2.24) is 34.7 Å². The number of aromatic nitrogens is 6. The molecule has 10 nitrogen and oxygen atoms in total. The van der Waals surface area contributed by atoms with Gasteiger partial charge >= 0.3 is 0 Å². The fourth-order valence-corrected chi connectivity index (χ4v) is 3.06. The highest BCUT2D eigenvalue weighted by molar-refractivity contribution is 5.93. The van der Waals surface area contributed by atoms with Gasteiger partial charge in [0.25, 0.3) is 5.91 Å². The Morgan fingerprint density at radius 2 is 2.14 bits per heavy atom. The van der Waals surface area contributed by atoms with Gasteiger partial charge in [0.05, 0.1) is 37.5 Å². The molecule has 0 atom stereocenters. The number of rotatable bonds is 4. The molecule has 4 heterocycles. The van der Waals surface area contributed by atoms with Crippen LogP contribution in [0.1, 0.15) is 16.9 Å². The van der Waals surface area contributed by atoms with E-state index < -0.39 is 0 Å². The molecular weight excluding hydrogens is 362 g/mol. The second-order valence-electron chi connectivity index (χ2n) is 6.42. The number of ether oxygens (including phenoxy) is 2. The van der Waals surface area contributed by atoms with Crippen molar-refractivity contribution in [3.63, 3.8) is 0 Å². The average Bonchev–Trinajstić information content (AvgIpc) is 3.25. The molecule has 3 aromatic rings. The van der Waals surface area contributed by atoms with Crippen molar-refractivity contribution in [3.05, 3.63) is 36.3 Å². The van der Waals surface area contributed by atoms with Crippen molar-refractivity contribution in [2.75, 3.05) is 33.4 Å². The van der Waals surface area contributed by atoms with Crippen LogP contribution >= 0.6 is 0 Å². The number of pyridine rings is 1. The van der Waals surface area contributed by atoms with E-state index >= 15 is 0 Å². The maximum Gasteiger partial charge on any atom is 0.274 e. The molecule has 4 rings (SSSR count). The van der Waals surface area contributed by atoms with Crippen LogP contribution in [0, 0.1) is 0 Å². The van der Waals surface area contributed by atoms with E-state index in [1.807, 2.05) is 6.07 Å². The fourth-order valence-electron chi connectivity index (χ4n) is 3.06. The van der Waals surface area contributed by atoms with Gasteiger partial charge in [0.1, 0.15) is 5.69 Å². The molecule has 0 radical (unpaired) electrons. The first-order chi connectivity index (χ1) is 13.7. The maximum absolute atomic E-state index is 13.0. The van der Waals surface area contributed by atoms with Gasteiger partial charge in [-0.25, -0.2) is 9.67 Å². The van der Waals surface area contributed by atoms with Crippen LogP contribution in [0.3, 0.4) is 0 Å². The lowest BCUT2D eigenvalue weighted by Crippen LogP contribution is -2.33. The number of methoxy groups -OCH3 is 1. The van der Waals surface area contributed by atoms with Crippen molar-refractivity contribution in [1.29, 1.82) is 0 Å². The van der Waals surface area contributed by atoms with Crippen LogP contribution in [-0.4, -0.2) is 74.0 Å². The first kappa shape index (κ1) is 18.1. The van der Waals surface area contributed by atoms with Crippen molar-refractivity contribution < 1.29 is 14.3 Å². The molecular formula is C18H21N7O3. The zero-order chi connectivity index (χ0) is 19.5. The van der Waals surface area contributed by atoms with Crippen LogP contribution in [0.15, 0.2) is 30.6 Å². The molecule has 28 heavy (non-hydrogen) atoms. The molecule has 1 amide bonds. The third-order valence-corrected chi connectivity index (χ3v) is 4.48. The Morgan fingerprint density at radius 3 is 2.86 bits per heavy atom. The van der Waals surface area contributed by atoms with Gasteiger partial charge in [-0.05, 0) is 18.6 Å². The van der Waals surface area contributed by atoms with Crippen LogP contribution < -0.4 is 4.74 Å². The number of hydrogen-bond donors (Lipinski definition) is 0. The minimum Gasteiger partial charge on any atom is -0.481 e. The number of carbonyl (C=O) groups is 1. The zero-order valence-corrected chi connectivity index (χ0v) is 15.8. The van der Waals surface area contributed by atoms with Crippen molar-refractivity contribution in [3.8, 4) is 23.0 Å². The molecule has 0 saturated carbocycles. The molecule has 1 aliphatic heterocycles.